The second-order valence-corrected chi connectivity index (χ2v) is 5.31. The minimum absolute atomic E-state index is 0.547. The Morgan fingerprint density at radius 3 is 2.44 bits per heavy atom. The van der Waals surface area contributed by atoms with Crippen LogP contribution >= 0.6 is 0 Å². The SMILES string of the molecule is CCC(C)(O)CNCCCCN(C)C(C)C. The molecule has 98 valence electrons. The highest BCUT2D eigenvalue weighted by atomic mass is 16.3. The molecular weight excluding hydrogens is 200 g/mol. The number of hydrogen-bond acceptors (Lipinski definition) is 3. The molecule has 0 heterocycles. The van der Waals surface area contributed by atoms with Gasteiger partial charge in [-0.2, -0.15) is 0 Å². The van der Waals surface area contributed by atoms with Crippen molar-refractivity contribution in [1.29, 1.82) is 0 Å². The molecule has 0 aliphatic carbocycles. The van der Waals surface area contributed by atoms with Gasteiger partial charge in [0.15, 0.2) is 0 Å². The van der Waals surface area contributed by atoms with Crippen LogP contribution in [0.3, 0.4) is 0 Å². The number of rotatable bonds is 9. The van der Waals surface area contributed by atoms with Crippen molar-refractivity contribution in [3.05, 3.63) is 0 Å². The van der Waals surface area contributed by atoms with Crippen molar-refractivity contribution >= 4 is 0 Å². The monoisotopic (exact) mass is 230 g/mol. The van der Waals surface area contributed by atoms with E-state index in [2.05, 4.69) is 31.1 Å². The van der Waals surface area contributed by atoms with Crippen molar-refractivity contribution < 1.29 is 5.11 Å². The number of hydrogen-bond donors (Lipinski definition) is 2. The van der Waals surface area contributed by atoms with Gasteiger partial charge in [-0.15, -0.1) is 0 Å². The molecule has 0 aliphatic rings. The molecule has 0 bridgehead atoms. The van der Waals surface area contributed by atoms with Crippen LogP contribution in [0.4, 0.5) is 0 Å². The summed E-state index contributed by atoms with van der Waals surface area (Å²) >= 11 is 0. The molecule has 0 aromatic heterocycles. The number of unbranched alkanes of at least 4 members (excludes halogenated alkanes) is 1. The molecule has 0 rings (SSSR count). The Morgan fingerprint density at radius 2 is 1.94 bits per heavy atom. The maximum Gasteiger partial charge on any atom is 0.0740 e. The average molecular weight is 230 g/mol. The Balaban J connectivity index is 3.35. The summed E-state index contributed by atoms with van der Waals surface area (Å²) in [6, 6.07) is 0.633. The predicted molar refractivity (Wildman–Crippen MR) is 70.8 cm³/mol. The highest BCUT2D eigenvalue weighted by molar-refractivity contribution is 4.72. The van der Waals surface area contributed by atoms with E-state index in [4.69, 9.17) is 0 Å². The fraction of sp³-hybridized carbons (Fsp3) is 1.00. The fourth-order valence-corrected chi connectivity index (χ4v) is 1.35. The molecule has 2 N–H and O–H groups in total. The average Bonchev–Trinajstić information content (AvgIpc) is 2.22. The van der Waals surface area contributed by atoms with Gasteiger partial charge in [0.05, 0.1) is 5.60 Å². The van der Waals surface area contributed by atoms with Gasteiger partial charge in [-0.1, -0.05) is 6.92 Å². The maximum atomic E-state index is 9.77. The van der Waals surface area contributed by atoms with Crippen LogP contribution in [0.2, 0.25) is 0 Å². The molecule has 3 heteroatoms. The standard InChI is InChI=1S/C13H30N2O/c1-6-13(4,16)11-14-9-7-8-10-15(5)12(2)3/h12,14,16H,6-11H2,1-5H3. The summed E-state index contributed by atoms with van der Waals surface area (Å²) in [5.41, 5.74) is -0.547. The van der Waals surface area contributed by atoms with Crippen LogP contribution in [0.1, 0.15) is 47.0 Å². The summed E-state index contributed by atoms with van der Waals surface area (Å²) in [4.78, 5) is 2.36. The predicted octanol–water partition coefficient (Wildman–Crippen LogP) is 1.86. The first kappa shape index (κ1) is 15.9. The van der Waals surface area contributed by atoms with E-state index in [1.807, 2.05) is 13.8 Å². The molecule has 0 fully saturated rings. The van der Waals surface area contributed by atoms with Gasteiger partial charge in [-0.05, 0) is 60.2 Å². The molecular formula is C13H30N2O. The molecule has 0 radical (unpaired) electrons. The summed E-state index contributed by atoms with van der Waals surface area (Å²) in [7, 11) is 2.17. The van der Waals surface area contributed by atoms with Crippen LogP contribution in [0, 0.1) is 0 Å². The minimum atomic E-state index is -0.547. The van der Waals surface area contributed by atoms with Crippen LogP contribution in [0.5, 0.6) is 0 Å². The number of nitrogens with zero attached hydrogens (tertiary/aromatic N) is 1. The first-order valence-corrected chi connectivity index (χ1v) is 6.52. The van der Waals surface area contributed by atoms with Gasteiger partial charge in [0, 0.05) is 12.6 Å². The van der Waals surface area contributed by atoms with Crippen LogP contribution in [-0.4, -0.2) is 48.3 Å². The molecule has 0 spiro atoms. The summed E-state index contributed by atoms with van der Waals surface area (Å²) in [6.07, 6.45) is 3.20. The normalized spacial score (nSPS) is 15.8. The Labute approximate surface area is 101 Å². The highest BCUT2D eigenvalue weighted by Gasteiger charge is 2.15. The zero-order valence-electron chi connectivity index (χ0n) is 11.7. The van der Waals surface area contributed by atoms with E-state index in [1.54, 1.807) is 0 Å². The molecule has 0 aromatic rings. The van der Waals surface area contributed by atoms with Crippen LogP contribution in [-0.2, 0) is 0 Å². The van der Waals surface area contributed by atoms with E-state index >= 15 is 0 Å². The Hall–Kier alpha value is -0.120. The van der Waals surface area contributed by atoms with Gasteiger partial charge in [-0.3, -0.25) is 0 Å². The lowest BCUT2D eigenvalue weighted by Gasteiger charge is -2.22. The van der Waals surface area contributed by atoms with Crippen molar-refractivity contribution in [2.45, 2.75) is 58.6 Å². The van der Waals surface area contributed by atoms with E-state index in [1.165, 1.54) is 12.8 Å². The van der Waals surface area contributed by atoms with Crippen molar-refractivity contribution in [3.8, 4) is 0 Å². The molecule has 0 saturated heterocycles. The van der Waals surface area contributed by atoms with Gasteiger partial charge in [0.25, 0.3) is 0 Å². The van der Waals surface area contributed by atoms with Crippen LogP contribution in [0.15, 0.2) is 0 Å². The second-order valence-electron chi connectivity index (χ2n) is 5.31. The smallest absolute Gasteiger partial charge is 0.0740 e. The molecule has 1 unspecified atom stereocenters. The lowest BCUT2D eigenvalue weighted by Crippen LogP contribution is -2.37. The van der Waals surface area contributed by atoms with Crippen molar-refractivity contribution in [3.63, 3.8) is 0 Å². The summed E-state index contributed by atoms with van der Waals surface area (Å²) in [6.45, 7) is 11.2. The third kappa shape index (κ3) is 8.08. The Bertz CT molecular complexity index is 169. The van der Waals surface area contributed by atoms with E-state index in [-0.39, 0.29) is 0 Å². The van der Waals surface area contributed by atoms with E-state index in [0.717, 1.165) is 19.5 Å². The maximum absolute atomic E-state index is 9.77. The first-order chi connectivity index (χ1) is 7.39. The zero-order chi connectivity index (χ0) is 12.6. The van der Waals surface area contributed by atoms with Crippen LogP contribution < -0.4 is 5.32 Å². The second kappa shape index (κ2) is 8.04. The lowest BCUT2D eigenvalue weighted by molar-refractivity contribution is 0.0559. The minimum Gasteiger partial charge on any atom is -0.389 e. The molecule has 0 saturated carbocycles. The molecule has 1 atom stereocenters. The van der Waals surface area contributed by atoms with E-state index in [0.29, 0.717) is 12.6 Å². The largest absolute Gasteiger partial charge is 0.389 e. The summed E-state index contributed by atoms with van der Waals surface area (Å²) < 4.78 is 0. The Kier molecular flexibility index (Phi) is 7.98. The molecule has 0 aliphatic heterocycles. The van der Waals surface area contributed by atoms with Gasteiger partial charge >= 0.3 is 0 Å². The highest BCUT2D eigenvalue weighted by Crippen LogP contribution is 2.05. The van der Waals surface area contributed by atoms with Crippen LogP contribution in [0.25, 0.3) is 0 Å². The molecule has 3 nitrogen and oxygen atoms in total. The lowest BCUT2D eigenvalue weighted by atomic mass is 10.0. The number of aliphatic hydroxyl groups is 1. The first-order valence-electron chi connectivity index (χ1n) is 6.52. The summed E-state index contributed by atoms with van der Waals surface area (Å²) in [5, 5.41) is 13.1. The Morgan fingerprint density at radius 1 is 1.31 bits per heavy atom. The van der Waals surface area contributed by atoms with Gasteiger partial charge in [-0.25, -0.2) is 0 Å². The quantitative estimate of drug-likeness (QED) is 0.594. The van der Waals surface area contributed by atoms with Crippen molar-refractivity contribution in [2.24, 2.45) is 0 Å². The van der Waals surface area contributed by atoms with E-state index < -0.39 is 5.60 Å². The van der Waals surface area contributed by atoms with Crippen molar-refractivity contribution in [2.75, 3.05) is 26.7 Å². The molecule has 0 amide bonds. The zero-order valence-corrected chi connectivity index (χ0v) is 11.7. The molecule has 16 heavy (non-hydrogen) atoms. The fourth-order valence-electron chi connectivity index (χ4n) is 1.35. The molecule has 0 aromatic carbocycles. The van der Waals surface area contributed by atoms with E-state index in [9.17, 15) is 5.11 Å². The topological polar surface area (TPSA) is 35.5 Å². The third-order valence-corrected chi connectivity index (χ3v) is 3.26. The third-order valence-electron chi connectivity index (χ3n) is 3.26. The van der Waals surface area contributed by atoms with Gasteiger partial charge in [0.1, 0.15) is 0 Å². The number of nitrogens with one attached hydrogen (secondary N) is 1. The van der Waals surface area contributed by atoms with Gasteiger partial charge in [0.2, 0.25) is 0 Å². The van der Waals surface area contributed by atoms with Gasteiger partial charge < -0.3 is 15.3 Å². The summed E-state index contributed by atoms with van der Waals surface area (Å²) in [5.74, 6) is 0. The van der Waals surface area contributed by atoms with Crippen molar-refractivity contribution in [1.82, 2.24) is 10.2 Å².